The van der Waals surface area contributed by atoms with Gasteiger partial charge in [-0.05, 0) is 31.5 Å². The minimum Gasteiger partial charge on any atom is -0.491 e. The van der Waals surface area contributed by atoms with Gasteiger partial charge in [-0.2, -0.15) is 0 Å². The lowest BCUT2D eigenvalue weighted by molar-refractivity contribution is -0.129. The van der Waals surface area contributed by atoms with Crippen LogP contribution in [0.15, 0.2) is 24.3 Å². The first-order chi connectivity index (χ1) is 8.40. The molecule has 1 aromatic rings. The average Bonchev–Trinajstić information content (AvgIpc) is 2.28. The van der Waals surface area contributed by atoms with E-state index in [0.29, 0.717) is 6.42 Å². The van der Waals surface area contributed by atoms with Gasteiger partial charge in [-0.25, -0.2) is 0 Å². The average molecular weight is 250 g/mol. The summed E-state index contributed by atoms with van der Waals surface area (Å²) in [5, 5.41) is 0. The van der Waals surface area contributed by atoms with Crippen molar-refractivity contribution < 1.29 is 9.53 Å². The molecule has 1 unspecified atom stereocenters. The monoisotopic (exact) mass is 250 g/mol. The summed E-state index contributed by atoms with van der Waals surface area (Å²) in [6.07, 6.45) is 0.469. The first-order valence-electron chi connectivity index (χ1n) is 6.12. The number of nitrogens with zero attached hydrogens (tertiary/aromatic N) is 1. The number of carbonyl (C=O) groups is 1. The number of ether oxygens (including phenoxy) is 1. The molecule has 0 bridgehead atoms. The van der Waals surface area contributed by atoms with E-state index in [4.69, 9.17) is 10.5 Å². The van der Waals surface area contributed by atoms with E-state index in [1.807, 2.05) is 38.1 Å². The topological polar surface area (TPSA) is 55.6 Å². The molecule has 1 atom stereocenters. The van der Waals surface area contributed by atoms with Crippen LogP contribution >= 0.6 is 0 Å². The third-order valence-electron chi connectivity index (χ3n) is 2.57. The van der Waals surface area contributed by atoms with Crippen LogP contribution in [-0.4, -0.2) is 31.0 Å². The second-order valence-corrected chi connectivity index (χ2v) is 4.83. The highest BCUT2D eigenvalue weighted by Gasteiger charge is 2.13. The second kappa shape index (κ2) is 6.40. The zero-order valence-corrected chi connectivity index (χ0v) is 11.5. The van der Waals surface area contributed by atoms with Crippen molar-refractivity contribution in [3.05, 3.63) is 29.8 Å². The van der Waals surface area contributed by atoms with Crippen LogP contribution in [0.3, 0.4) is 0 Å². The fourth-order valence-electron chi connectivity index (χ4n) is 1.55. The van der Waals surface area contributed by atoms with Crippen molar-refractivity contribution >= 4 is 5.91 Å². The maximum atomic E-state index is 11.6. The Labute approximate surface area is 109 Å². The van der Waals surface area contributed by atoms with E-state index in [9.17, 15) is 4.79 Å². The van der Waals surface area contributed by atoms with Crippen molar-refractivity contribution in [2.24, 2.45) is 5.73 Å². The number of carbonyl (C=O) groups excluding carboxylic acids is 1. The molecule has 0 spiro atoms. The fraction of sp³-hybridized carbons (Fsp3) is 0.500. The highest BCUT2D eigenvalue weighted by molar-refractivity contribution is 5.76. The minimum atomic E-state index is -0.270. The molecular weight excluding hydrogens is 228 g/mol. The first kappa shape index (κ1) is 14.5. The van der Waals surface area contributed by atoms with Gasteiger partial charge >= 0.3 is 0 Å². The van der Waals surface area contributed by atoms with E-state index in [0.717, 1.165) is 11.3 Å². The molecule has 1 rings (SSSR count). The van der Waals surface area contributed by atoms with Crippen LogP contribution in [0.5, 0.6) is 5.75 Å². The molecule has 0 saturated heterocycles. The summed E-state index contributed by atoms with van der Waals surface area (Å²) in [4.78, 5) is 13.1. The Morgan fingerprint density at radius 1 is 1.28 bits per heavy atom. The van der Waals surface area contributed by atoms with E-state index in [-0.39, 0.29) is 18.1 Å². The normalized spacial score (nSPS) is 12.3. The Balaban J connectivity index is 2.64. The highest BCUT2D eigenvalue weighted by atomic mass is 16.5. The Hall–Kier alpha value is -1.55. The van der Waals surface area contributed by atoms with Gasteiger partial charge in [0.25, 0.3) is 0 Å². The number of benzene rings is 1. The van der Waals surface area contributed by atoms with Crippen LogP contribution in [0, 0.1) is 0 Å². The summed E-state index contributed by atoms with van der Waals surface area (Å²) in [6, 6.07) is 7.31. The molecule has 4 heteroatoms. The van der Waals surface area contributed by atoms with Gasteiger partial charge in [0, 0.05) is 26.6 Å². The maximum Gasteiger partial charge on any atom is 0.223 e. The van der Waals surface area contributed by atoms with Crippen molar-refractivity contribution in [2.75, 3.05) is 14.1 Å². The van der Waals surface area contributed by atoms with Crippen LogP contribution in [0.1, 0.15) is 31.9 Å². The molecule has 0 fully saturated rings. The van der Waals surface area contributed by atoms with Crippen LogP contribution in [0.25, 0.3) is 0 Å². The van der Waals surface area contributed by atoms with Gasteiger partial charge in [0.2, 0.25) is 5.91 Å². The molecule has 18 heavy (non-hydrogen) atoms. The predicted octanol–water partition coefficient (Wildman–Crippen LogP) is 1.95. The lowest BCUT2D eigenvalue weighted by Crippen LogP contribution is -2.26. The SMILES string of the molecule is CC(C)Oc1ccc(C(N)CC(=O)N(C)C)cc1. The molecule has 0 aliphatic carbocycles. The molecule has 0 aliphatic rings. The van der Waals surface area contributed by atoms with Crippen molar-refractivity contribution in [1.29, 1.82) is 0 Å². The van der Waals surface area contributed by atoms with Gasteiger partial charge in [0.05, 0.1) is 6.10 Å². The van der Waals surface area contributed by atoms with E-state index >= 15 is 0 Å². The minimum absolute atomic E-state index is 0.0324. The molecule has 0 saturated carbocycles. The zero-order valence-electron chi connectivity index (χ0n) is 11.5. The van der Waals surface area contributed by atoms with Crippen LogP contribution in [0.4, 0.5) is 0 Å². The number of amides is 1. The molecule has 0 aromatic heterocycles. The number of nitrogens with two attached hydrogens (primary N) is 1. The van der Waals surface area contributed by atoms with Crippen molar-refractivity contribution in [2.45, 2.75) is 32.4 Å². The van der Waals surface area contributed by atoms with Gasteiger partial charge in [0.15, 0.2) is 0 Å². The largest absolute Gasteiger partial charge is 0.491 e. The Kier molecular flexibility index (Phi) is 5.16. The quantitative estimate of drug-likeness (QED) is 0.869. The highest BCUT2D eigenvalue weighted by Crippen LogP contribution is 2.19. The Morgan fingerprint density at radius 3 is 2.28 bits per heavy atom. The Bertz CT molecular complexity index is 385. The van der Waals surface area contributed by atoms with Gasteiger partial charge in [-0.3, -0.25) is 4.79 Å². The number of hydrogen-bond acceptors (Lipinski definition) is 3. The van der Waals surface area contributed by atoms with E-state index in [1.54, 1.807) is 19.0 Å². The molecule has 0 heterocycles. The number of hydrogen-bond donors (Lipinski definition) is 1. The summed E-state index contributed by atoms with van der Waals surface area (Å²) in [5.74, 6) is 0.852. The summed E-state index contributed by atoms with van der Waals surface area (Å²) < 4.78 is 5.55. The zero-order chi connectivity index (χ0) is 13.7. The van der Waals surface area contributed by atoms with Crippen molar-refractivity contribution in [3.8, 4) is 5.75 Å². The predicted molar refractivity (Wildman–Crippen MR) is 72.4 cm³/mol. The van der Waals surface area contributed by atoms with Gasteiger partial charge in [-0.15, -0.1) is 0 Å². The molecule has 4 nitrogen and oxygen atoms in total. The van der Waals surface area contributed by atoms with E-state index in [1.165, 1.54) is 0 Å². The molecule has 100 valence electrons. The van der Waals surface area contributed by atoms with Gasteiger partial charge < -0.3 is 15.4 Å². The fourth-order valence-corrected chi connectivity index (χ4v) is 1.55. The molecule has 2 N–H and O–H groups in total. The summed E-state index contributed by atoms with van der Waals surface area (Å²) in [6.45, 7) is 3.96. The van der Waals surface area contributed by atoms with E-state index in [2.05, 4.69) is 0 Å². The third kappa shape index (κ3) is 4.37. The van der Waals surface area contributed by atoms with Crippen LogP contribution < -0.4 is 10.5 Å². The molecule has 0 radical (unpaired) electrons. The Morgan fingerprint density at radius 2 is 1.83 bits per heavy atom. The lowest BCUT2D eigenvalue weighted by atomic mass is 10.0. The summed E-state index contributed by atoms with van der Waals surface area (Å²) in [5.41, 5.74) is 6.94. The van der Waals surface area contributed by atoms with Crippen molar-refractivity contribution in [3.63, 3.8) is 0 Å². The lowest BCUT2D eigenvalue weighted by Gasteiger charge is -2.16. The van der Waals surface area contributed by atoms with Gasteiger partial charge in [0.1, 0.15) is 5.75 Å². The standard InChI is InChI=1S/C14H22N2O2/c1-10(2)18-12-7-5-11(6-8-12)13(15)9-14(17)16(3)4/h5-8,10,13H,9,15H2,1-4H3. The maximum absolute atomic E-state index is 11.6. The summed E-state index contributed by atoms with van der Waals surface area (Å²) in [7, 11) is 3.46. The molecule has 1 aromatic carbocycles. The molecule has 1 amide bonds. The van der Waals surface area contributed by atoms with Crippen molar-refractivity contribution in [1.82, 2.24) is 4.90 Å². The van der Waals surface area contributed by atoms with E-state index < -0.39 is 0 Å². The van der Waals surface area contributed by atoms with Crippen LogP contribution in [-0.2, 0) is 4.79 Å². The second-order valence-electron chi connectivity index (χ2n) is 4.83. The third-order valence-corrected chi connectivity index (χ3v) is 2.57. The first-order valence-corrected chi connectivity index (χ1v) is 6.12. The smallest absolute Gasteiger partial charge is 0.223 e. The van der Waals surface area contributed by atoms with Crippen LogP contribution in [0.2, 0.25) is 0 Å². The van der Waals surface area contributed by atoms with Gasteiger partial charge in [-0.1, -0.05) is 12.1 Å². The molecular formula is C14H22N2O2. The summed E-state index contributed by atoms with van der Waals surface area (Å²) >= 11 is 0. The number of rotatable bonds is 5. The molecule has 0 aliphatic heterocycles.